The Morgan fingerprint density at radius 3 is 2.59 bits per heavy atom. The smallest absolute Gasteiger partial charge is 0.293 e. The average molecular weight is 399 g/mol. The Morgan fingerprint density at radius 1 is 1.21 bits per heavy atom. The van der Waals surface area contributed by atoms with Crippen LogP contribution in [0.5, 0.6) is 0 Å². The van der Waals surface area contributed by atoms with Crippen molar-refractivity contribution in [1.82, 2.24) is 5.32 Å². The minimum absolute atomic E-state index is 0.111. The van der Waals surface area contributed by atoms with Crippen LogP contribution < -0.4 is 10.2 Å². The number of benzene rings is 2. The monoisotopic (exact) mass is 399 g/mol. The van der Waals surface area contributed by atoms with Crippen LogP contribution in [-0.2, 0) is 4.74 Å². The second-order valence-electron chi connectivity index (χ2n) is 7.60. The van der Waals surface area contributed by atoms with Crippen LogP contribution in [0.2, 0.25) is 0 Å². The van der Waals surface area contributed by atoms with Crippen LogP contribution in [0.3, 0.4) is 0 Å². The Morgan fingerprint density at radius 2 is 1.93 bits per heavy atom. The van der Waals surface area contributed by atoms with Gasteiger partial charge in [-0.15, -0.1) is 0 Å². The van der Waals surface area contributed by atoms with Crippen LogP contribution >= 0.6 is 0 Å². The van der Waals surface area contributed by atoms with Crippen molar-refractivity contribution in [2.75, 3.05) is 18.0 Å². The van der Waals surface area contributed by atoms with Crippen molar-refractivity contribution in [3.05, 3.63) is 69.5 Å². The lowest BCUT2D eigenvalue weighted by atomic mass is 10.0. The second kappa shape index (κ2) is 7.79. The molecule has 1 aliphatic heterocycles. The maximum Gasteiger partial charge on any atom is 0.293 e. The number of nitrogens with one attached hydrogen (secondary N) is 1. The highest BCUT2D eigenvalue weighted by Crippen LogP contribution is 2.35. The predicted octanol–water partition coefficient (Wildman–Crippen LogP) is 3.59. The van der Waals surface area contributed by atoms with E-state index in [9.17, 15) is 19.3 Å². The predicted molar refractivity (Wildman–Crippen MR) is 105 cm³/mol. The Balaban J connectivity index is 1.60. The molecule has 0 spiro atoms. The molecule has 2 aromatic rings. The number of nitrogens with zero attached hydrogens (tertiary/aromatic N) is 2. The van der Waals surface area contributed by atoms with Gasteiger partial charge < -0.3 is 15.0 Å². The first-order valence-electron chi connectivity index (χ1n) is 9.66. The van der Waals surface area contributed by atoms with Crippen molar-refractivity contribution in [1.29, 1.82) is 0 Å². The number of halogens is 1. The van der Waals surface area contributed by atoms with Crippen molar-refractivity contribution in [2.45, 2.75) is 38.0 Å². The molecule has 0 aromatic heterocycles. The fourth-order valence-corrected chi connectivity index (χ4v) is 3.58. The molecule has 1 aliphatic carbocycles. The first kappa shape index (κ1) is 19.3. The number of rotatable bonds is 5. The summed E-state index contributed by atoms with van der Waals surface area (Å²) in [5.41, 5.74) is 1.43. The molecule has 2 atom stereocenters. The molecule has 4 rings (SSSR count). The Bertz CT molecular complexity index is 930. The molecule has 2 aliphatic rings. The third-order valence-corrected chi connectivity index (χ3v) is 5.19. The van der Waals surface area contributed by atoms with E-state index >= 15 is 0 Å². The number of amides is 1. The van der Waals surface area contributed by atoms with Crippen molar-refractivity contribution in [2.24, 2.45) is 0 Å². The number of carbonyl (C=O) groups excluding carboxylic acids is 1. The first-order chi connectivity index (χ1) is 13.9. The zero-order valence-electron chi connectivity index (χ0n) is 16.0. The van der Waals surface area contributed by atoms with Crippen LogP contribution in [0.4, 0.5) is 15.8 Å². The molecular weight excluding hydrogens is 377 g/mol. The fraction of sp³-hybridized carbons (Fsp3) is 0.381. The van der Waals surface area contributed by atoms with Crippen molar-refractivity contribution in [3.8, 4) is 0 Å². The molecule has 2 unspecified atom stereocenters. The van der Waals surface area contributed by atoms with Gasteiger partial charge in [0.15, 0.2) is 0 Å². The van der Waals surface area contributed by atoms with Gasteiger partial charge in [0.05, 0.1) is 11.0 Å². The van der Waals surface area contributed by atoms with Gasteiger partial charge in [-0.25, -0.2) is 4.39 Å². The van der Waals surface area contributed by atoms with Crippen molar-refractivity contribution in [3.63, 3.8) is 0 Å². The second-order valence-corrected chi connectivity index (χ2v) is 7.60. The van der Waals surface area contributed by atoms with E-state index in [1.807, 2.05) is 11.8 Å². The number of ether oxygens (including phenoxy) is 1. The number of hydrogen-bond donors (Lipinski definition) is 1. The molecule has 0 radical (unpaired) electrons. The highest BCUT2D eigenvalue weighted by atomic mass is 19.1. The maximum atomic E-state index is 13.2. The molecule has 1 heterocycles. The summed E-state index contributed by atoms with van der Waals surface area (Å²) in [6.45, 7) is 2.77. The Labute approximate surface area is 167 Å². The normalized spacial score (nSPS) is 21.7. The van der Waals surface area contributed by atoms with E-state index in [1.165, 1.54) is 18.2 Å². The number of hydrogen-bond acceptors (Lipinski definition) is 5. The number of nitro groups is 1. The molecule has 152 valence electrons. The quantitative estimate of drug-likeness (QED) is 0.614. The topological polar surface area (TPSA) is 84.7 Å². The molecule has 7 nitrogen and oxygen atoms in total. The molecule has 8 heteroatoms. The highest BCUT2D eigenvalue weighted by molar-refractivity contribution is 5.96. The molecule has 1 saturated heterocycles. The SMILES string of the molecule is CC1CN(c2ccc(C(=O)NC3CC3)cc2[N+](=O)[O-])CC(c2ccc(F)cc2)O1. The third-order valence-electron chi connectivity index (χ3n) is 5.19. The van der Waals surface area contributed by atoms with Crippen LogP contribution in [0.1, 0.15) is 41.8 Å². The zero-order chi connectivity index (χ0) is 20.5. The summed E-state index contributed by atoms with van der Waals surface area (Å²) in [7, 11) is 0. The molecule has 1 amide bonds. The van der Waals surface area contributed by atoms with Gasteiger partial charge in [-0.2, -0.15) is 0 Å². The molecule has 2 aromatic carbocycles. The lowest BCUT2D eigenvalue weighted by Crippen LogP contribution is -2.43. The van der Waals surface area contributed by atoms with Gasteiger partial charge in [-0.3, -0.25) is 14.9 Å². The van der Waals surface area contributed by atoms with E-state index in [1.54, 1.807) is 24.3 Å². The van der Waals surface area contributed by atoms with E-state index < -0.39 is 4.92 Å². The summed E-state index contributed by atoms with van der Waals surface area (Å²) in [6, 6.07) is 10.8. The first-order valence-corrected chi connectivity index (χ1v) is 9.66. The van der Waals surface area contributed by atoms with Crippen LogP contribution in [0.25, 0.3) is 0 Å². The molecule has 29 heavy (non-hydrogen) atoms. The number of carbonyl (C=O) groups is 1. The lowest BCUT2D eigenvalue weighted by Gasteiger charge is -2.38. The Hall–Kier alpha value is -3.00. The van der Waals surface area contributed by atoms with E-state index in [2.05, 4.69) is 5.32 Å². The van der Waals surface area contributed by atoms with E-state index in [0.717, 1.165) is 18.4 Å². The third kappa shape index (κ3) is 4.37. The number of anilines is 1. The maximum absolute atomic E-state index is 13.2. The van der Waals surface area contributed by atoms with Gasteiger partial charge in [-0.1, -0.05) is 12.1 Å². The minimum Gasteiger partial charge on any atom is -0.367 e. The summed E-state index contributed by atoms with van der Waals surface area (Å²) < 4.78 is 19.2. The molecular formula is C21H22FN3O4. The van der Waals surface area contributed by atoms with Crippen molar-refractivity contribution >= 4 is 17.3 Å². The largest absolute Gasteiger partial charge is 0.367 e. The van der Waals surface area contributed by atoms with E-state index in [4.69, 9.17) is 4.74 Å². The van der Waals surface area contributed by atoms with Gasteiger partial charge >= 0.3 is 0 Å². The van der Waals surface area contributed by atoms with Crippen LogP contribution in [0, 0.1) is 15.9 Å². The zero-order valence-corrected chi connectivity index (χ0v) is 16.0. The van der Waals surface area contributed by atoms with Crippen LogP contribution in [0.15, 0.2) is 42.5 Å². The number of morpholine rings is 1. The average Bonchev–Trinajstić information content (AvgIpc) is 3.51. The van der Waals surface area contributed by atoms with Gasteiger partial charge in [0.1, 0.15) is 17.6 Å². The summed E-state index contributed by atoms with van der Waals surface area (Å²) >= 11 is 0. The van der Waals surface area contributed by atoms with E-state index in [0.29, 0.717) is 18.8 Å². The molecule has 1 saturated carbocycles. The standard InChI is InChI=1S/C21H22FN3O4/c1-13-11-24(12-20(29-13)14-2-5-16(22)6-3-14)18-9-4-15(10-19(18)25(27)28)21(26)23-17-7-8-17/h2-6,9-10,13,17,20H,7-8,11-12H2,1H3,(H,23,26). The van der Waals surface area contributed by atoms with Gasteiger partial charge in [0.25, 0.3) is 11.6 Å². The highest BCUT2D eigenvalue weighted by Gasteiger charge is 2.31. The lowest BCUT2D eigenvalue weighted by molar-refractivity contribution is -0.384. The summed E-state index contributed by atoms with van der Waals surface area (Å²) in [4.78, 5) is 25.4. The fourth-order valence-electron chi connectivity index (χ4n) is 3.58. The minimum atomic E-state index is -0.462. The molecule has 1 N–H and O–H groups in total. The number of nitro benzene ring substituents is 1. The Kier molecular flexibility index (Phi) is 5.19. The summed E-state index contributed by atoms with van der Waals surface area (Å²) in [5, 5.41) is 14.6. The van der Waals surface area contributed by atoms with Gasteiger partial charge in [0.2, 0.25) is 0 Å². The molecule has 2 fully saturated rings. The van der Waals surface area contributed by atoms with Crippen LogP contribution in [-0.4, -0.2) is 36.1 Å². The summed E-state index contributed by atoms with van der Waals surface area (Å²) in [5.74, 6) is -0.619. The summed E-state index contributed by atoms with van der Waals surface area (Å²) in [6.07, 6.45) is 1.39. The van der Waals surface area contributed by atoms with Gasteiger partial charge in [-0.05, 0) is 49.6 Å². The van der Waals surface area contributed by atoms with Crippen molar-refractivity contribution < 1.29 is 18.8 Å². The van der Waals surface area contributed by atoms with E-state index in [-0.39, 0.29) is 41.2 Å². The van der Waals surface area contributed by atoms with Gasteiger partial charge in [0, 0.05) is 30.8 Å². The molecule has 0 bridgehead atoms.